The predicted molar refractivity (Wildman–Crippen MR) is 84.0 cm³/mol. The van der Waals surface area contributed by atoms with Gasteiger partial charge >= 0.3 is 0 Å². The van der Waals surface area contributed by atoms with Crippen molar-refractivity contribution in [3.63, 3.8) is 0 Å². The lowest BCUT2D eigenvalue weighted by Gasteiger charge is -2.19. The van der Waals surface area contributed by atoms with E-state index in [1.807, 2.05) is 13.0 Å². The van der Waals surface area contributed by atoms with E-state index in [1.54, 1.807) is 21.8 Å². The van der Waals surface area contributed by atoms with Crippen molar-refractivity contribution in [2.75, 3.05) is 19.7 Å². The minimum Gasteiger partial charge on any atom is -0.477 e. The zero-order valence-corrected chi connectivity index (χ0v) is 13.5. The van der Waals surface area contributed by atoms with Gasteiger partial charge in [-0.3, -0.25) is 4.79 Å². The molecule has 1 amide bonds. The van der Waals surface area contributed by atoms with Gasteiger partial charge < -0.3 is 14.4 Å². The lowest BCUT2D eigenvalue weighted by Crippen LogP contribution is -2.31. The minimum absolute atomic E-state index is 0.0563. The van der Waals surface area contributed by atoms with E-state index >= 15 is 0 Å². The average Bonchev–Trinajstić information content (AvgIpc) is 3.23. The van der Waals surface area contributed by atoms with Gasteiger partial charge in [0, 0.05) is 32.0 Å². The van der Waals surface area contributed by atoms with Crippen molar-refractivity contribution in [1.29, 1.82) is 0 Å². The molecule has 1 atom stereocenters. The van der Waals surface area contributed by atoms with Crippen molar-refractivity contribution in [2.24, 2.45) is 0 Å². The quantitative estimate of drug-likeness (QED) is 0.837. The second-order valence-corrected chi connectivity index (χ2v) is 6.08. The molecule has 0 N–H and O–H groups in total. The van der Waals surface area contributed by atoms with Gasteiger partial charge in [-0.25, -0.2) is 4.68 Å². The minimum atomic E-state index is -0.0710. The maximum absolute atomic E-state index is 12.7. The second kappa shape index (κ2) is 6.10. The Morgan fingerprint density at radius 3 is 3.08 bits per heavy atom. The summed E-state index contributed by atoms with van der Waals surface area (Å²) in [6.07, 6.45) is 3.21. The molecule has 2 aromatic rings. The number of fused-ring (bicyclic) bond motifs is 1. The molecule has 126 valence electrons. The molecule has 8 nitrogen and oxygen atoms in total. The van der Waals surface area contributed by atoms with Crippen LogP contribution >= 0.6 is 0 Å². The average molecular weight is 329 g/mol. The number of aromatic nitrogens is 4. The summed E-state index contributed by atoms with van der Waals surface area (Å²) in [5.41, 5.74) is 1.38. The van der Waals surface area contributed by atoms with Crippen LogP contribution in [0.25, 0.3) is 0 Å². The summed E-state index contributed by atoms with van der Waals surface area (Å²) in [7, 11) is 0. The SMILES string of the molecule is Cc1ccc(O[C@H]2CCN(C(=O)c3cnn4c3OCCC4)C2)nn1. The number of amides is 1. The summed E-state index contributed by atoms with van der Waals surface area (Å²) in [4.78, 5) is 14.5. The van der Waals surface area contributed by atoms with Crippen molar-refractivity contribution in [2.45, 2.75) is 32.4 Å². The first-order valence-electron chi connectivity index (χ1n) is 8.15. The Bertz CT molecular complexity index is 743. The molecule has 0 radical (unpaired) electrons. The largest absolute Gasteiger partial charge is 0.477 e. The summed E-state index contributed by atoms with van der Waals surface area (Å²) in [5.74, 6) is 1.02. The highest BCUT2D eigenvalue weighted by molar-refractivity contribution is 5.96. The van der Waals surface area contributed by atoms with Crippen molar-refractivity contribution in [3.05, 3.63) is 29.6 Å². The van der Waals surface area contributed by atoms with Gasteiger partial charge in [0.05, 0.1) is 25.0 Å². The van der Waals surface area contributed by atoms with Crippen molar-refractivity contribution in [1.82, 2.24) is 24.9 Å². The van der Waals surface area contributed by atoms with Crippen LogP contribution in [0.2, 0.25) is 0 Å². The number of rotatable bonds is 3. The molecule has 1 fully saturated rings. The van der Waals surface area contributed by atoms with Crippen LogP contribution in [0, 0.1) is 6.92 Å². The van der Waals surface area contributed by atoms with Gasteiger partial charge in [-0.15, -0.1) is 5.10 Å². The third-order valence-corrected chi connectivity index (χ3v) is 4.27. The number of carbonyl (C=O) groups excluding carboxylic acids is 1. The number of likely N-dealkylation sites (tertiary alicyclic amines) is 1. The van der Waals surface area contributed by atoms with Crippen LogP contribution in [0.15, 0.2) is 18.3 Å². The maximum Gasteiger partial charge on any atom is 0.261 e. The lowest BCUT2D eigenvalue weighted by molar-refractivity contribution is 0.0764. The molecular weight excluding hydrogens is 310 g/mol. The van der Waals surface area contributed by atoms with E-state index in [-0.39, 0.29) is 12.0 Å². The van der Waals surface area contributed by atoms with Crippen LogP contribution in [-0.2, 0) is 6.54 Å². The molecule has 0 bridgehead atoms. The van der Waals surface area contributed by atoms with Crippen LogP contribution in [0.4, 0.5) is 0 Å². The maximum atomic E-state index is 12.7. The Morgan fingerprint density at radius 1 is 1.33 bits per heavy atom. The van der Waals surface area contributed by atoms with Crippen LogP contribution in [-0.4, -0.2) is 56.6 Å². The highest BCUT2D eigenvalue weighted by atomic mass is 16.5. The molecule has 2 aliphatic rings. The molecule has 4 heterocycles. The van der Waals surface area contributed by atoms with Crippen LogP contribution in [0.1, 0.15) is 28.9 Å². The molecular formula is C16H19N5O3. The van der Waals surface area contributed by atoms with E-state index in [0.717, 1.165) is 25.1 Å². The first-order chi connectivity index (χ1) is 11.7. The first kappa shape index (κ1) is 14.9. The Morgan fingerprint density at radius 2 is 2.25 bits per heavy atom. The normalized spacial score (nSPS) is 19.7. The molecule has 0 unspecified atom stereocenters. The lowest BCUT2D eigenvalue weighted by atomic mass is 10.3. The zero-order valence-electron chi connectivity index (χ0n) is 13.5. The zero-order chi connectivity index (χ0) is 16.5. The van der Waals surface area contributed by atoms with Gasteiger partial charge in [0.2, 0.25) is 11.8 Å². The monoisotopic (exact) mass is 329 g/mol. The molecule has 0 spiro atoms. The summed E-state index contributed by atoms with van der Waals surface area (Å²) in [5, 5.41) is 12.2. The second-order valence-electron chi connectivity index (χ2n) is 6.08. The fourth-order valence-corrected chi connectivity index (χ4v) is 3.02. The van der Waals surface area contributed by atoms with Gasteiger partial charge in [0.25, 0.3) is 5.91 Å². The van der Waals surface area contributed by atoms with Crippen LogP contribution in [0.3, 0.4) is 0 Å². The van der Waals surface area contributed by atoms with Gasteiger partial charge in [0.1, 0.15) is 11.7 Å². The number of carbonyl (C=O) groups is 1. The third kappa shape index (κ3) is 2.79. The molecule has 0 saturated carbocycles. The molecule has 0 aromatic carbocycles. The van der Waals surface area contributed by atoms with E-state index in [9.17, 15) is 4.79 Å². The highest BCUT2D eigenvalue weighted by Crippen LogP contribution is 2.26. The number of aryl methyl sites for hydroxylation is 2. The fraction of sp³-hybridized carbons (Fsp3) is 0.500. The van der Waals surface area contributed by atoms with E-state index in [1.165, 1.54) is 0 Å². The third-order valence-electron chi connectivity index (χ3n) is 4.27. The summed E-state index contributed by atoms with van der Waals surface area (Å²) in [6, 6.07) is 3.66. The van der Waals surface area contributed by atoms with Crippen molar-refractivity contribution < 1.29 is 14.3 Å². The predicted octanol–water partition coefficient (Wildman–Crippen LogP) is 1.06. The number of hydrogen-bond acceptors (Lipinski definition) is 6. The number of nitrogens with zero attached hydrogens (tertiary/aromatic N) is 5. The molecule has 2 aromatic heterocycles. The Hall–Kier alpha value is -2.64. The molecule has 2 aliphatic heterocycles. The smallest absolute Gasteiger partial charge is 0.261 e. The van der Waals surface area contributed by atoms with Crippen LogP contribution < -0.4 is 9.47 Å². The standard InChI is InChI=1S/C16H19N5O3/c1-11-3-4-14(19-18-11)24-12-5-7-20(10-12)15(22)13-9-17-21-6-2-8-23-16(13)21/h3-4,9,12H,2,5-8,10H2,1H3/t12-/m0/s1. The Balaban J connectivity index is 1.42. The van der Waals surface area contributed by atoms with Crippen LogP contribution in [0.5, 0.6) is 11.8 Å². The van der Waals surface area contributed by atoms with Gasteiger partial charge in [-0.05, 0) is 13.0 Å². The number of ether oxygens (including phenoxy) is 2. The van der Waals surface area contributed by atoms with Gasteiger partial charge in [-0.1, -0.05) is 0 Å². The van der Waals surface area contributed by atoms with E-state index in [4.69, 9.17) is 9.47 Å². The summed E-state index contributed by atoms with van der Waals surface area (Å²) in [6.45, 7) is 4.47. The van der Waals surface area contributed by atoms with E-state index in [2.05, 4.69) is 15.3 Å². The van der Waals surface area contributed by atoms with Crippen molar-refractivity contribution in [3.8, 4) is 11.8 Å². The molecule has 1 saturated heterocycles. The summed E-state index contributed by atoms with van der Waals surface area (Å²) < 4.78 is 13.2. The molecule has 8 heteroatoms. The van der Waals surface area contributed by atoms with E-state index < -0.39 is 0 Å². The molecule has 24 heavy (non-hydrogen) atoms. The summed E-state index contributed by atoms with van der Waals surface area (Å²) >= 11 is 0. The van der Waals surface area contributed by atoms with Gasteiger partial charge in [-0.2, -0.15) is 10.2 Å². The molecule has 0 aliphatic carbocycles. The fourth-order valence-electron chi connectivity index (χ4n) is 3.02. The topological polar surface area (TPSA) is 82.4 Å². The Labute approximate surface area is 139 Å². The number of hydrogen-bond donors (Lipinski definition) is 0. The highest BCUT2D eigenvalue weighted by Gasteiger charge is 2.32. The van der Waals surface area contributed by atoms with Gasteiger partial charge in [0.15, 0.2) is 0 Å². The van der Waals surface area contributed by atoms with Crippen molar-refractivity contribution >= 4 is 5.91 Å². The Kier molecular flexibility index (Phi) is 3.79. The molecule has 4 rings (SSSR count). The first-order valence-corrected chi connectivity index (χ1v) is 8.15. The van der Waals surface area contributed by atoms with E-state index in [0.29, 0.717) is 37.0 Å².